The monoisotopic (exact) mass is 772 g/mol. The van der Waals surface area contributed by atoms with Gasteiger partial charge in [0.05, 0.1) is 19.8 Å². The second kappa shape index (κ2) is 41.3. The Balaban J connectivity index is 4.25. The maximum atomic E-state index is 12.5. The van der Waals surface area contributed by atoms with Crippen LogP contribution in [0.4, 0.5) is 0 Å². The van der Waals surface area contributed by atoms with E-state index in [4.69, 9.17) is 24.3 Å². The summed E-state index contributed by atoms with van der Waals surface area (Å²) in [5, 5.41) is 0. The minimum Gasteiger partial charge on any atom is -0.457 e. The molecule has 0 saturated heterocycles. The Labute approximate surface area is 329 Å². The zero-order valence-electron chi connectivity index (χ0n) is 33.7. The first-order valence-corrected chi connectivity index (χ1v) is 21.9. The molecule has 0 aromatic carbocycles. The lowest BCUT2D eigenvalue weighted by atomic mass is 10.1. The average molecular weight is 772 g/mol. The Morgan fingerprint density at radius 1 is 0.556 bits per heavy atom. The number of phosphoric ester groups is 1. The van der Waals surface area contributed by atoms with Crippen LogP contribution in [0, 0.1) is 0 Å². The van der Waals surface area contributed by atoms with Gasteiger partial charge < -0.3 is 20.1 Å². The highest BCUT2D eigenvalue weighted by molar-refractivity contribution is 7.47. The average Bonchev–Trinajstić information content (AvgIpc) is 3.16. The van der Waals surface area contributed by atoms with E-state index in [1.165, 1.54) is 19.3 Å². The first-order valence-electron chi connectivity index (χ1n) is 20.4. The van der Waals surface area contributed by atoms with Crippen molar-refractivity contribution in [2.75, 3.05) is 33.0 Å². The van der Waals surface area contributed by atoms with Crippen LogP contribution < -0.4 is 5.73 Å². The standard InChI is InChI=1S/C45H74NO7P/c1-3-5-7-9-11-13-15-17-19-21-22-23-24-26-28-30-32-34-36-38-45(47)53-44(43-52-54(48,49)51-41-39-46)42-50-40-37-35-33-31-29-27-25-20-18-16-14-12-10-8-6-4-2/h5-8,11-14,17-20,22-23,26,28,32,34,44H,3-4,9-10,15-16,21,24-25,27,29-31,33,35-43,46H2,1-2H3,(H,48,49)/b7-5-,8-6-,13-11-,14-12-,19-17-,20-18-,23-22-,28-26-,34-32-. The third-order valence-corrected chi connectivity index (χ3v) is 8.68. The van der Waals surface area contributed by atoms with E-state index in [2.05, 4.69) is 111 Å². The molecule has 0 aliphatic heterocycles. The van der Waals surface area contributed by atoms with Crippen LogP contribution in [-0.2, 0) is 27.9 Å². The van der Waals surface area contributed by atoms with Gasteiger partial charge in [0.2, 0.25) is 0 Å². The van der Waals surface area contributed by atoms with Gasteiger partial charge in [-0.05, 0) is 83.5 Å². The Bertz CT molecular complexity index is 1180. The number of carbonyl (C=O) groups is 1. The smallest absolute Gasteiger partial charge is 0.457 e. The molecule has 0 spiro atoms. The van der Waals surface area contributed by atoms with Crippen molar-refractivity contribution in [2.45, 2.75) is 136 Å². The molecule has 3 N–H and O–H groups in total. The summed E-state index contributed by atoms with van der Waals surface area (Å²) in [6.07, 6.45) is 55.5. The van der Waals surface area contributed by atoms with Gasteiger partial charge in [0.15, 0.2) is 0 Å². The van der Waals surface area contributed by atoms with Gasteiger partial charge in [-0.15, -0.1) is 0 Å². The molecule has 2 unspecified atom stereocenters. The number of unbranched alkanes of at least 4 members (excludes halogenated alkanes) is 6. The number of rotatable bonds is 37. The largest absolute Gasteiger partial charge is 0.472 e. The third kappa shape index (κ3) is 40.3. The minimum absolute atomic E-state index is 0.0690. The van der Waals surface area contributed by atoms with Crippen molar-refractivity contribution >= 4 is 13.8 Å². The molecule has 0 aromatic rings. The number of hydrogen-bond acceptors (Lipinski definition) is 7. The Morgan fingerprint density at radius 3 is 1.46 bits per heavy atom. The fraction of sp³-hybridized carbons (Fsp3) is 0.578. The quantitative estimate of drug-likeness (QED) is 0.0277. The highest BCUT2D eigenvalue weighted by Gasteiger charge is 2.25. The van der Waals surface area contributed by atoms with Crippen LogP contribution in [0.2, 0.25) is 0 Å². The van der Waals surface area contributed by atoms with Crippen LogP contribution in [0.15, 0.2) is 109 Å². The van der Waals surface area contributed by atoms with E-state index in [1.807, 2.05) is 12.2 Å². The van der Waals surface area contributed by atoms with Crippen LogP contribution in [-0.4, -0.2) is 49.9 Å². The van der Waals surface area contributed by atoms with Gasteiger partial charge >= 0.3 is 13.8 Å². The van der Waals surface area contributed by atoms with Crippen molar-refractivity contribution in [2.24, 2.45) is 5.73 Å². The molecule has 306 valence electrons. The van der Waals surface area contributed by atoms with E-state index < -0.39 is 19.9 Å². The summed E-state index contributed by atoms with van der Waals surface area (Å²) in [5.74, 6) is -0.423. The third-order valence-electron chi connectivity index (χ3n) is 7.70. The van der Waals surface area contributed by atoms with Crippen LogP contribution >= 0.6 is 7.82 Å². The molecule has 0 aliphatic carbocycles. The summed E-state index contributed by atoms with van der Waals surface area (Å²) < 4.78 is 33.3. The lowest BCUT2D eigenvalue weighted by molar-refractivity contribution is -0.154. The second-order valence-electron chi connectivity index (χ2n) is 12.7. The lowest BCUT2D eigenvalue weighted by Gasteiger charge is -2.19. The van der Waals surface area contributed by atoms with Crippen molar-refractivity contribution in [1.29, 1.82) is 0 Å². The Hall–Kier alpha value is -2.84. The molecule has 0 heterocycles. The van der Waals surface area contributed by atoms with E-state index in [0.29, 0.717) is 13.0 Å². The molecular formula is C45H74NO7P. The molecule has 54 heavy (non-hydrogen) atoms. The summed E-state index contributed by atoms with van der Waals surface area (Å²) in [7, 11) is -4.31. The number of nitrogens with two attached hydrogens (primary N) is 1. The molecule has 2 atom stereocenters. The van der Waals surface area contributed by atoms with Crippen molar-refractivity contribution < 1.29 is 32.8 Å². The van der Waals surface area contributed by atoms with Crippen LogP contribution in [0.25, 0.3) is 0 Å². The van der Waals surface area contributed by atoms with E-state index in [9.17, 15) is 14.3 Å². The van der Waals surface area contributed by atoms with E-state index >= 15 is 0 Å². The van der Waals surface area contributed by atoms with Crippen LogP contribution in [0.5, 0.6) is 0 Å². The molecule has 0 radical (unpaired) electrons. The fourth-order valence-corrected chi connectivity index (χ4v) is 5.56. The topological polar surface area (TPSA) is 117 Å². The number of esters is 1. The van der Waals surface area contributed by atoms with Gasteiger partial charge in [-0.2, -0.15) is 0 Å². The maximum absolute atomic E-state index is 12.5. The zero-order chi connectivity index (χ0) is 39.5. The molecule has 0 bridgehead atoms. The molecule has 0 rings (SSSR count). The predicted octanol–water partition coefficient (Wildman–Crippen LogP) is 12.1. The van der Waals surface area contributed by atoms with Crippen molar-refractivity contribution in [1.82, 2.24) is 0 Å². The highest BCUT2D eigenvalue weighted by atomic mass is 31.2. The molecular weight excluding hydrogens is 697 g/mol. The number of allylic oxidation sites excluding steroid dienone is 18. The molecule has 0 fully saturated rings. The number of carbonyl (C=O) groups excluding carboxylic acids is 1. The van der Waals surface area contributed by atoms with Gasteiger partial charge in [0, 0.05) is 19.6 Å². The van der Waals surface area contributed by atoms with Gasteiger partial charge in [-0.1, -0.05) is 149 Å². The van der Waals surface area contributed by atoms with Gasteiger partial charge in [-0.3, -0.25) is 13.8 Å². The Kier molecular flexibility index (Phi) is 39.2. The SMILES string of the molecule is CC/C=C\C/C=C\C/C=C\C/C=C\C/C=C\C/C=C\CCC(=O)OC(COCCCCCCCC/C=C\C/C=C\C/C=C\CC)COP(=O)(O)OCCN. The van der Waals surface area contributed by atoms with Gasteiger partial charge in [0.25, 0.3) is 0 Å². The van der Waals surface area contributed by atoms with Gasteiger partial charge in [0.1, 0.15) is 6.10 Å². The van der Waals surface area contributed by atoms with Crippen molar-refractivity contribution in [3.8, 4) is 0 Å². The number of phosphoric acid groups is 1. The Morgan fingerprint density at radius 2 is 0.981 bits per heavy atom. The van der Waals surface area contributed by atoms with E-state index in [1.54, 1.807) is 0 Å². The first kappa shape index (κ1) is 51.2. The molecule has 8 nitrogen and oxygen atoms in total. The van der Waals surface area contributed by atoms with Crippen LogP contribution in [0.1, 0.15) is 129 Å². The summed E-state index contributed by atoms with van der Waals surface area (Å²) in [6, 6.07) is 0. The molecule has 0 saturated carbocycles. The fourth-order valence-electron chi connectivity index (χ4n) is 4.80. The molecule has 0 aliphatic rings. The first-order chi connectivity index (χ1) is 26.4. The van der Waals surface area contributed by atoms with Crippen molar-refractivity contribution in [3.05, 3.63) is 109 Å². The zero-order valence-corrected chi connectivity index (χ0v) is 34.5. The maximum Gasteiger partial charge on any atom is 0.472 e. The lowest BCUT2D eigenvalue weighted by Crippen LogP contribution is -2.28. The number of hydrogen-bond donors (Lipinski definition) is 2. The van der Waals surface area contributed by atoms with Crippen molar-refractivity contribution in [3.63, 3.8) is 0 Å². The summed E-state index contributed by atoms with van der Waals surface area (Å²) in [5.41, 5.74) is 5.35. The summed E-state index contributed by atoms with van der Waals surface area (Å²) in [4.78, 5) is 22.4. The van der Waals surface area contributed by atoms with E-state index in [-0.39, 0.29) is 32.8 Å². The highest BCUT2D eigenvalue weighted by Crippen LogP contribution is 2.43. The van der Waals surface area contributed by atoms with Gasteiger partial charge in [-0.25, -0.2) is 4.57 Å². The molecule has 0 aromatic heterocycles. The predicted molar refractivity (Wildman–Crippen MR) is 228 cm³/mol. The van der Waals surface area contributed by atoms with E-state index in [0.717, 1.165) is 83.5 Å². The normalized spacial score (nSPS) is 14.7. The molecule has 0 amide bonds. The second-order valence-corrected chi connectivity index (χ2v) is 14.2. The minimum atomic E-state index is -4.31. The number of ether oxygens (including phenoxy) is 2. The summed E-state index contributed by atoms with van der Waals surface area (Å²) >= 11 is 0. The molecule has 9 heteroatoms. The van der Waals surface area contributed by atoms with Crippen LogP contribution in [0.3, 0.4) is 0 Å². The summed E-state index contributed by atoms with van der Waals surface area (Å²) in [6.45, 7) is 4.52.